The maximum Gasteiger partial charge on any atom is 0.414 e. The molecule has 1 heterocycles. The van der Waals surface area contributed by atoms with Crippen molar-refractivity contribution in [2.45, 2.75) is 13.5 Å². The molecule has 0 bridgehead atoms. The first-order valence-electron chi connectivity index (χ1n) is 10.1. The standard InChI is InChI=1S/C21H26N2O3.C2H2O4/c1-17-4-3-5-20(14-17)26-16-21(24)23-12-10-22(11-13-23)15-18-6-8-19(25-2)9-7-18;3-1(4)2(5)6/h3-9,14H,10-13,15-16H2,1-2H3;(H,3,4)(H,5,6). The van der Waals surface area contributed by atoms with Crippen LogP contribution in [0, 0.1) is 6.92 Å². The molecular weight excluding hydrogens is 416 g/mol. The third kappa shape index (κ3) is 8.27. The molecule has 2 aromatic rings. The van der Waals surface area contributed by atoms with E-state index >= 15 is 0 Å². The molecule has 172 valence electrons. The molecule has 0 saturated carbocycles. The largest absolute Gasteiger partial charge is 0.497 e. The van der Waals surface area contributed by atoms with Crippen LogP contribution >= 0.6 is 0 Å². The predicted molar refractivity (Wildman–Crippen MR) is 117 cm³/mol. The van der Waals surface area contributed by atoms with E-state index in [4.69, 9.17) is 29.3 Å². The Morgan fingerprint density at radius 3 is 2.06 bits per heavy atom. The zero-order valence-electron chi connectivity index (χ0n) is 18.2. The van der Waals surface area contributed by atoms with Crippen LogP contribution < -0.4 is 9.47 Å². The van der Waals surface area contributed by atoms with Gasteiger partial charge in [0.1, 0.15) is 11.5 Å². The van der Waals surface area contributed by atoms with Gasteiger partial charge in [-0.2, -0.15) is 0 Å². The second kappa shape index (κ2) is 12.3. The normalized spacial score (nSPS) is 13.5. The van der Waals surface area contributed by atoms with Gasteiger partial charge >= 0.3 is 11.9 Å². The van der Waals surface area contributed by atoms with Gasteiger partial charge in [0.2, 0.25) is 0 Å². The lowest BCUT2D eigenvalue weighted by molar-refractivity contribution is -0.159. The second-order valence-electron chi connectivity index (χ2n) is 7.22. The zero-order chi connectivity index (χ0) is 23.5. The first-order valence-corrected chi connectivity index (χ1v) is 10.1. The first kappa shape index (κ1) is 24.7. The summed E-state index contributed by atoms with van der Waals surface area (Å²) in [5.41, 5.74) is 2.38. The quantitative estimate of drug-likeness (QED) is 0.649. The summed E-state index contributed by atoms with van der Waals surface area (Å²) < 4.78 is 10.8. The highest BCUT2D eigenvalue weighted by Crippen LogP contribution is 2.15. The van der Waals surface area contributed by atoms with E-state index in [2.05, 4.69) is 17.0 Å². The molecule has 3 rings (SSSR count). The lowest BCUT2D eigenvalue weighted by Gasteiger charge is -2.34. The van der Waals surface area contributed by atoms with Gasteiger partial charge in [-0.25, -0.2) is 9.59 Å². The van der Waals surface area contributed by atoms with Crippen molar-refractivity contribution in [3.05, 3.63) is 59.7 Å². The van der Waals surface area contributed by atoms with Crippen LogP contribution in [0.4, 0.5) is 0 Å². The minimum absolute atomic E-state index is 0.0515. The molecule has 0 aromatic heterocycles. The van der Waals surface area contributed by atoms with Gasteiger partial charge in [-0.15, -0.1) is 0 Å². The monoisotopic (exact) mass is 444 g/mol. The summed E-state index contributed by atoms with van der Waals surface area (Å²) in [6.07, 6.45) is 0. The predicted octanol–water partition coefficient (Wildman–Crippen LogP) is 1.88. The summed E-state index contributed by atoms with van der Waals surface area (Å²) in [5.74, 6) is -1.98. The van der Waals surface area contributed by atoms with E-state index < -0.39 is 11.9 Å². The van der Waals surface area contributed by atoms with Crippen molar-refractivity contribution >= 4 is 17.8 Å². The van der Waals surface area contributed by atoms with Gasteiger partial charge in [-0.3, -0.25) is 9.69 Å². The van der Waals surface area contributed by atoms with Crippen molar-refractivity contribution in [1.29, 1.82) is 0 Å². The van der Waals surface area contributed by atoms with Crippen molar-refractivity contribution in [2.24, 2.45) is 0 Å². The average molecular weight is 444 g/mol. The highest BCUT2D eigenvalue weighted by atomic mass is 16.5. The third-order valence-electron chi connectivity index (χ3n) is 4.83. The summed E-state index contributed by atoms with van der Waals surface area (Å²) in [6.45, 7) is 6.24. The number of hydrogen-bond donors (Lipinski definition) is 2. The maximum absolute atomic E-state index is 12.4. The highest BCUT2D eigenvalue weighted by Gasteiger charge is 2.21. The number of aryl methyl sites for hydroxylation is 1. The minimum atomic E-state index is -1.82. The van der Waals surface area contributed by atoms with E-state index in [1.807, 2.05) is 48.2 Å². The topological polar surface area (TPSA) is 117 Å². The van der Waals surface area contributed by atoms with Crippen LogP contribution in [0.15, 0.2) is 48.5 Å². The van der Waals surface area contributed by atoms with E-state index in [0.717, 1.165) is 49.8 Å². The number of amides is 1. The van der Waals surface area contributed by atoms with Crippen LogP contribution in [0.1, 0.15) is 11.1 Å². The Balaban J connectivity index is 0.000000534. The fraction of sp³-hybridized carbons (Fsp3) is 0.348. The van der Waals surface area contributed by atoms with Gasteiger partial charge in [0, 0.05) is 32.7 Å². The smallest absolute Gasteiger partial charge is 0.414 e. The third-order valence-corrected chi connectivity index (χ3v) is 4.83. The van der Waals surface area contributed by atoms with Gasteiger partial charge in [-0.05, 0) is 42.3 Å². The van der Waals surface area contributed by atoms with Crippen LogP contribution in [0.25, 0.3) is 0 Å². The molecule has 2 N–H and O–H groups in total. The number of carboxylic acid groups (broad SMARTS) is 2. The van der Waals surface area contributed by atoms with Gasteiger partial charge in [-0.1, -0.05) is 24.3 Å². The number of aliphatic carboxylic acids is 2. The zero-order valence-corrected chi connectivity index (χ0v) is 18.2. The molecule has 1 saturated heterocycles. The maximum atomic E-state index is 12.4. The molecule has 9 nitrogen and oxygen atoms in total. The fourth-order valence-electron chi connectivity index (χ4n) is 3.09. The van der Waals surface area contributed by atoms with Crippen molar-refractivity contribution in [1.82, 2.24) is 9.80 Å². The van der Waals surface area contributed by atoms with E-state index in [1.165, 1.54) is 5.56 Å². The van der Waals surface area contributed by atoms with Gasteiger partial charge in [0.05, 0.1) is 7.11 Å². The molecular formula is C23H28N2O7. The van der Waals surface area contributed by atoms with Crippen LogP contribution in [-0.4, -0.2) is 77.8 Å². The molecule has 9 heteroatoms. The van der Waals surface area contributed by atoms with Crippen LogP contribution in [-0.2, 0) is 20.9 Å². The number of carboxylic acids is 2. The van der Waals surface area contributed by atoms with Crippen LogP contribution in [0.3, 0.4) is 0 Å². The second-order valence-corrected chi connectivity index (χ2v) is 7.22. The number of carbonyl (C=O) groups excluding carboxylic acids is 1. The Hall–Kier alpha value is -3.59. The van der Waals surface area contributed by atoms with Crippen molar-refractivity contribution < 1.29 is 34.1 Å². The fourth-order valence-corrected chi connectivity index (χ4v) is 3.09. The summed E-state index contributed by atoms with van der Waals surface area (Å²) >= 11 is 0. The van der Waals surface area contributed by atoms with E-state index in [-0.39, 0.29) is 12.5 Å². The Morgan fingerprint density at radius 1 is 0.906 bits per heavy atom. The van der Waals surface area contributed by atoms with Crippen LogP contribution in [0.2, 0.25) is 0 Å². The van der Waals surface area contributed by atoms with E-state index in [1.54, 1.807) is 7.11 Å². The molecule has 0 atom stereocenters. The Kier molecular flexibility index (Phi) is 9.49. The molecule has 32 heavy (non-hydrogen) atoms. The molecule has 1 amide bonds. The van der Waals surface area contributed by atoms with Crippen molar-refractivity contribution in [3.8, 4) is 11.5 Å². The summed E-state index contributed by atoms with van der Waals surface area (Å²) in [4.78, 5) is 34.8. The summed E-state index contributed by atoms with van der Waals surface area (Å²) in [6, 6.07) is 15.9. The highest BCUT2D eigenvalue weighted by molar-refractivity contribution is 6.27. The van der Waals surface area contributed by atoms with E-state index in [0.29, 0.717) is 0 Å². The van der Waals surface area contributed by atoms with Crippen molar-refractivity contribution in [3.63, 3.8) is 0 Å². The summed E-state index contributed by atoms with van der Waals surface area (Å²) in [5, 5.41) is 14.8. The molecule has 0 radical (unpaired) electrons. The molecule has 1 fully saturated rings. The minimum Gasteiger partial charge on any atom is -0.497 e. The van der Waals surface area contributed by atoms with E-state index in [9.17, 15) is 4.79 Å². The number of piperazine rings is 1. The number of carbonyl (C=O) groups is 3. The number of rotatable bonds is 6. The number of hydrogen-bond acceptors (Lipinski definition) is 6. The Morgan fingerprint density at radius 2 is 1.53 bits per heavy atom. The molecule has 0 spiro atoms. The van der Waals surface area contributed by atoms with Gasteiger partial charge < -0.3 is 24.6 Å². The summed E-state index contributed by atoms with van der Waals surface area (Å²) in [7, 11) is 1.67. The van der Waals surface area contributed by atoms with Gasteiger partial charge in [0.25, 0.3) is 5.91 Å². The number of ether oxygens (including phenoxy) is 2. The number of methoxy groups -OCH3 is 1. The SMILES string of the molecule is COc1ccc(CN2CCN(C(=O)COc3cccc(C)c3)CC2)cc1.O=C(O)C(=O)O. The number of nitrogens with zero attached hydrogens (tertiary/aromatic N) is 2. The Bertz CT molecular complexity index is 895. The lowest BCUT2D eigenvalue weighted by atomic mass is 10.2. The molecule has 1 aliphatic heterocycles. The Labute approximate surface area is 186 Å². The van der Waals surface area contributed by atoms with Crippen LogP contribution in [0.5, 0.6) is 11.5 Å². The average Bonchev–Trinajstić information content (AvgIpc) is 2.79. The lowest BCUT2D eigenvalue weighted by Crippen LogP contribution is -2.49. The molecule has 0 unspecified atom stereocenters. The molecule has 2 aromatic carbocycles. The molecule has 1 aliphatic rings. The molecule has 0 aliphatic carbocycles. The first-order chi connectivity index (χ1) is 15.3. The van der Waals surface area contributed by atoms with Crippen molar-refractivity contribution in [2.75, 3.05) is 39.9 Å². The number of benzene rings is 2. The van der Waals surface area contributed by atoms with Gasteiger partial charge in [0.15, 0.2) is 6.61 Å².